The van der Waals surface area contributed by atoms with Gasteiger partial charge in [-0.15, -0.1) is 5.10 Å². The van der Waals surface area contributed by atoms with Crippen LogP contribution in [0.15, 0.2) is 23.2 Å². The van der Waals surface area contributed by atoms with Gasteiger partial charge >= 0.3 is 0 Å². The van der Waals surface area contributed by atoms with Gasteiger partial charge in [-0.25, -0.2) is 9.67 Å². The van der Waals surface area contributed by atoms with Crippen LogP contribution in [0.2, 0.25) is 0 Å². The van der Waals surface area contributed by atoms with Crippen LogP contribution in [0.1, 0.15) is 29.8 Å². The lowest BCUT2D eigenvalue weighted by Crippen LogP contribution is -2.23. The van der Waals surface area contributed by atoms with Gasteiger partial charge in [0.2, 0.25) is 0 Å². The van der Waals surface area contributed by atoms with Crippen LogP contribution in [0.5, 0.6) is 0 Å². The van der Waals surface area contributed by atoms with Gasteiger partial charge in [-0.3, -0.25) is 0 Å². The molecule has 0 atom stereocenters. The third-order valence-electron chi connectivity index (χ3n) is 3.90. The first kappa shape index (κ1) is 14.5. The predicted octanol–water partition coefficient (Wildman–Crippen LogP) is 1.63. The first-order valence-electron chi connectivity index (χ1n) is 7.51. The van der Waals surface area contributed by atoms with Gasteiger partial charge in [-0.1, -0.05) is 6.07 Å². The summed E-state index contributed by atoms with van der Waals surface area (Å²) in [5, 5.41) is 14.8. The highest BCUT2D eigenvalue weighted by Gasteiger charge is 2.23. The van der Waals surface area contributed by atoms with Crippen molar-refractivity contribution >= 4 is 11.6 Å². The summed E-state index contributed by atoms with van der Waals surface area (Å²) in [5.74, 6) is 1.83. The highest BCUT2D eigenvalue weighted by atomic mass is 15.5. The molecule has 1 aliphatic rings. The fourth-order valence-corrected chi connectivity index (χ4v) is 2.19. The molecule has 0 amide bonds. The molecule has 7 nitrogen and oxygen atoms in total. The van der Waals surface area contributed by atoms with Crippen molar-refractivity contribution in [2.24, 2.45) is 16.6 Å². The molecule has 0 unspecified atom stereocenters. The SMILES string of the molecule is Cc1ccc(NC(N)=NCc2nnnn2CC2CC2)cc1C. The average Bonchev–Trinajstić information content (AvgIpc) is 3.19. The van der Waals surface area contributed by atoms with Gasteiger partial charge < -0.3 is 11.1 Å². The maximum Gasteiger partial charge on any atom is 0.193 e. The summed E-state index contributed by atoms with van der Waals surface area (Å²) >= 11 is 0. The minimum atomic E-state index is 0.365. The van der Waals surface area contributed by atoms with Crippen LogP contribution in [0.4, 0.5) is 5.69 Å². The van der Waals surface area contributed by atoms with Crippen LogP contribution in [-0.2, 0) is 13.1 Å². The molecule has 0 radical (unpaired) electrons. The molecule has 2 aromatic rings. The van der Waals surface area contributed by atoms with Gasteiger partial charge in [0, 0.05) is 12.2 Å². The predicted molar refractivity (Wildman–Crippen MR) is 85.4 cm³/mol. The number of hydrogen-bond acceptors (Lipinski definition) is 4. The number of nitrogens with one attached hydrogen (secondary N) is 1. The lowest BCUT2D eigenvalue weighted by atomic mass is 10.1. The molecule has 0 aliphatic heterocycles. The molecule has 1 fully saturated rings. The Bertz CT molecular complexity index is 685. The van der Waals surface area contributed by atoms with Crippen molar-refractivity contribution in [3.63, 3.8) is 0 Å². The van der Waals surface area contributed by atoms with E-state index in [-0.39, 0.29) is 0 Å². The minimum Gasteiger partial charge on any atom is -0.370 e. The first-order chi connectivity index (χ1) is 10.6. The van der Waals surface area contributed by atoms with E-state index in [9.17, 15) is 0 Å². The molecule has 7 heteroatoms. The Morgan fingerprint density at radius 3 is 2.91 bits per heavy atom. The van der Waals surface area contributed by atoms with Crippen molar-refractivity contribution in [2.45, 2.75) is 39.8 Å². The number of anilines is 1. The first-order valence-corrected chi connectivity index (χ1v) is 7.51. The molecular weight excluding hydrogens is 278 g/mol. The molecule has 1 aromatic heterocycles. The van der Waals surface area contributed by atoms with Gasteiger partial charge in [0.05, 0.1) is 0 Å². The highest BCUT2D eigenvalue weighted by molar-refractivity contribution is 5.92. The van der Waals surface area contributed by atoms with Gasteiger partial charge in [-0.2, -0.15) is 0 Å². The summed E-state index contributed by atoms with van der Waals surface area (Å²) in [6, 6.07) is 6.10. The number of guanidine groups is 1. The smallest absolute Gasteiger partial charge is 0.193 e. The second-order valence-electron chi connectivity index (χ2n) is 5.85. The number of nitrogens with two attached hydrogens (primary N) is 1. The van der Waals surface area contributed by atoms with Gasteiger partial charge in [0.25, 0.3) is 0 Å². The molecule has 3 rings (SSSR count). The zero-order valence-corrected chi connectivity index (χ0v) is 13.0. The zero-order valence-electron chi connectivity index (χ0n) is 13.0. The second kappa shape index (κ2) is 6.13. The fraction of sp³-hybridized carbons (Fsp3) is 0.467. The van der Waals surface area contributed by atoms with Crippen LogP contribution in [0.3, 0.4) is 0 Å². The number of aromatic nitrogens is 4. The number of hydrogen-bond donors (Lipinski definition) is 2. The molecule has 22 heavy (non-hydrogen) atoms. The third-order valence-corrected chi connectivity index (χ3v) is 3.90. The molecule has 116 valence electrons. The Labute approximate surface area is 129 Å². The van der Waals surface area contributed by atoms with Crippen LogP contribution < -0.4 is 11.1 Å². The van der Waals surface area contributed by atoms with Crippen LogP contribution in [0, 0.1) is 19.8 Å². The average molecular weight is 299 g/mol. The summed E-state index contributed by atoms with van der Waals surface area (Å²) in [7, 11) is 0. The Kier molecular flexibility index (Phi) is 4.04. The van der Waals surface area contributed by atoms with E-state index in [0.717, 1.165) is 24.0 Å². The number of aryl methyl sites for hydroxylation is 2. The maximum absolute atomic E-state index is 5.94. The summed E-state index contributed by atoms with van der Waals surface area (Å²) in [6.45, 7) is 5.40. The zero-order chi connectivity index (χ0) is 15.5. The van der Waals surface area contributed by atoms with Crippen LogP contribution in [0.25, 0.3) is 0 Å². The Morgan fingerprint density at radius 2 is 2.18 bits per heavy atom. The molecule has 1 saturated carbocycles. The standard InChI is InChI=1S/C15H21N7/c1-10-3-6-13(7-11(10)2)18-15(16)17-8-14-19-20-21-22(14)9-12-4-5-12/h3,6-7,12H,4-5,8-9H2,1-2H3,(H3,16,17,18). The van der Waals surface area contributed by atoms with Crippen molar-refractivity contribution < 1.29 is 0 Å². The van der Waals surface area contributed by atoms with Crippen LogP contribution in [-0.4, -0.2) is 26.2 Å². The quantitative estimate of drug-likeness (QED) is 0.646. The van der Waals surface area contributed by atoms with E-state index in [4.69, 9.17) is 5.73 Å². The topological polar surface area (TPSA) is 94.0 Å². The lowest BCUT2D eigenvalue weighted by Gasteiger charge is -2.08. The number of tetrazole rings is 1. The van der Waals surface area contributed by atoms with E-state index in [2.05, 4.69) is 51.8 Å². The van der Waals surface area contributed by atoms with E-state index in [1.807, 2.05) is 10.7 Å². The molecule has 3 N–H and O–H groups in total. The van der Waals surface area contributed by atoms with E-state index < -0.39 is 0 Å². The summed E-state index contributed by atoms with van der Waals surface area (Å²) in [6.07, 6.45) is 2.53. The van der Waals surface area contributed by atoms with Crippen molar-refractivity contribution in [1.29, 1.82) is 0 Å². The maximum atomic E-state index is 5.94. The van der Waals surface area contributed by atoms with Crippen molar-refractivity contribution in [3.8, 4) is 0 Å². The number of nitrogens with zero attached hydrogens (tertiary/aromatic N) is 5. The van der Waals surface area contributed by atoms with Crippen molar-refractivity contribution in [3.05, 3.63) is 35.2 Å². The largest absolute Gasteiger partial charge is 0.370 e. The van der Waals surface area contributed by atoms with E-state index in [1.54, 1.807) is 0 Å². The number of aliphatic imine (C=N–C) groups is 1. The molecule has 1 aromatic carbocycles. The summed E-state index contributed by atoms with van der Waals surface area (Å²) in [4.78, 5) is 4.32. The van der Waals surface area contributed by atoms with Gasteiger partial charge in [0.1, 0.15) is 6.54 Å². The number of benzene rings is 1. The van der Waals surface area contributed by atoms with Gasteiger partial charge in [-0.05, 0) is 66.3 Å². The molecule has 0 bridgehead atoms. The fourth-order valence-electron chi connectivity index (χ4n) is 2.19. The van der Waals surface area contributed by atoms with Gasteiger partial charge in [0.15, 0.2) is 11.8 Å². The van der Waals surface area contributed by atoms with Crippen molar-refractivity contribution in [1.82, 2.24) is 20.2 Å². The normalized spacial score (nSPS) is 15.1. The highest BCUT2D eigenvalue weighted by Crippen LogP contribution is 2.30. The van der Waals surface area contributed by atoms with E-state index in [0.29, 0.717) is 12.5 Å². The monoisotopic (exact) mass is 299 g/mol. The van der Waals surface area contributed by atoms with E-state index >= 15 is 0 Å². The molecular formula is C15H21N7. The molecule has 0 saturated heterocycles. The van der Waals surface area contributed by atoms with Crippen molar-refractivity contribution in [2.75, 3.05) is 5.32 Å². The van der Waals surface area contributed by atoms with E-state index in [1.165, 1.54) is 24.0 Å². The second-order valence-corrected chi connectivity index (χ2v) is 5.85. The molecule has 1 aliphatic carbocycles. The summed E-state index contributed by atoms with van der Waals surface area (Å²) < 4.78 is 1.82. The third kappa shape index (κ3) is 3.60. The molecule has 1 heterocycles. The summed E-state index contributed by atoms with van der Waals surface area (Å²) in [5.41, 5.74) is 9.33. The Hall–Kier alpha value is -2.44. The Balaban J connectivity index is 1.62. The molecule has 0 spiro atoms. The Morgan fingerprint density at radius 1 is 1.36 bits per heavy atom. The minimum absolute atomic E-state index is 0.365. The van der Waals surface area contributed by atoms with Crippen LogP contribution >= 0.6 is 0 Å². The number of rotatable bonds is 5. The lowest BCUT2D eigenvalue weighted by molar-refractivity contribution is 0.524.